The van der Waals surface area contributed by atoms with E-state index in [1.807, 2.05) is 25.1 Å². The smallest absolute Gasteiger partial charge is 0.142 e. The van der Waals surface area contributed by atoms with Crippen LogP contribution in [0.15, 0.2) is 40.9 Å². The number of methoxy groups -OCH3 is 1. The highest BCUT2D eigenvalue weighted by Crippen LogP contribution is 2.34. The van der Waals surface area contributed by atoms with Gasteiger partial charge in [-0.3, -0.25) is 5.41 Å². The van der Waals surface area contributed by atoms with Gasteiger partial charge in [-0.1, -0.05) is 6.07 Å². The van der Waals surface area contributed by atoms with E-state index in [0.717, 1.165) is 10.0 Å². The maximum atomic E-state index is 7.60. The minimum atomic E-state index is -0.0501. The van der Waals surface area contributed by atoms with Crippen molar-refractivity contribution >= 4 is 21.8 Å². The van der Waals surface area contributed by atoms with E-state index in [0.29, 0.717) is 22.8 Å². The Bertz CT molecular complexity index is 656. The van der Waals surface area contributed by atoms with Gasteiger partial charge in [-0.15, -0.1) is 0 Å². The average molecular weight is 335 g/mol. The highest BCUT2D eigenvalue weighted by molar-refractivity contribution is 9.10. The fourth-order valence-corrected chi connectivity index (χ4v) is 2.32. The molecule has 0 heterocycles. The van der Waals surface area contributed by atoms with Gasteiger partial charge in [0.1, 0.15) is 23.1 Å². The Balaban J connectivity index is 2.43. The first-order valence-electron chi connectivity index (χ1n) is 5.97. The number of nitrogen functional groups attached to an aromatic ring is 1. The molecule has 0 bridgehead atoms. The summed E-state index contributed by atoms with van der Waals surface area (Å²) in [5.74, 6) is 1.74. The first-order valence-corrected chi connectivity index (χ1v) is 6.77. The fraction of sp³-hybridized carbons (Fsp3) is 0.133. The van der Waals surface area contributed by atoms with E-state index in [1.54, 1.807) is 25.3 Å². The van der Waals surface area contributed by atoms with Crippen molar-refractivity contribution in [3.63, 3.8) is 0 Å². The molecule has 2 rings (SSSR count). The normalized spacial score (nSPS) is 10.2. The molecule has 3 N–H and O–H groups in total. The van der Waals surface area contributed by atoms with Crippen LogP contribution in [0.2, 0.25) is 0 Å². The lowest BCUT2D eigenvalue weighted by Gasteiger charge is -2.13. The molecular weight excluding hydrogens is 320 g/mol. The Morgan fingerprint density at radius 2 is 1.90 bits per heavy atom. The highest BCUT2D eigenvalue weighted by Gasteiger charge is 2.11. The summed E-state index contributed by atoms with van der Waals surface area (Å²) in [4.78, 5) is 0. The van der Waals surface area contributed by atoms with Crippen LogP contribution in [0.1, 0.15) is 11.1 Å². The van der Waals surface area contributed by atoms with Crippen molar-refractivity contribution in [3.05, 3.63) is 52.0 Å². The molecule has 0 amide bonds. The van der Waals surface area contributed by atoms with E-state index >= 15 is 0 Å². The largest absolute Gasteiger partial charge is 0.497 e. The van der Waals surface area contributed by atoms with Crippen molar-refractivity contribution in [3.8, 4) is 17.2 Å². The molecule has 0 unspecified atom stereocenters. The van der Waals surface area contributed by atoms with Gasteiger partial charge in [-0.2, -0.15) is 0 Å². The average Bonchev–Trinajstić information content (AvgIpc) is 2.41. The second-order valence-corrected chi connectivity index (χ2v) is 5.17. The molecule has 0 saturated heterocycles. The van der Waals surface area contributed by atoms with Crippen molar-refractivity contribution in [2.45, 2.75) is 6.92 Å². The summed E-state index contributed by atoms with van der Waals surface area (Å²) < 4.78 is 11.9. The summed E-state index contributed by atoms with van der Waals surface area (Å²) >= 11 is 3.46. The molecule has 0 aromatic heterocycles. The fourth-order valence-electron chi connectivity index (χ4n) is 1.74. The lowest BCUT2D eigenvalue weighted by atomic mass is 10.1. The van der Waals surface area contributed by atoms with Crippen LogP contribution in [0.4, 0.5) is 0 Å². The number of benzene rings is 2. The van der Waals surface area contributed by atoms with Crippen molar-refractivity contribution in [1.29, 1.82) is 5.41 Å². The predicted octanol–water partition coefficient (Wildman–Crippen LogP) is 3.84. The highest BCUT2D eigenvalue weighted by atomic mass is 79.9. The van der Waals surface area contributed by atoms with Crippen LogP contribution in [-0.2, 0) is 0 Å². The molecule has 2 aromatic carbocycles. The molecule has 2 aromatic rings. The van der Waals surface area contributed by atoms with Gasteiger partial charge in [0, 0.05) is 6.07 Å². The Labute approximate surface area is 126 Å². The molecule has 0 aliphatic carbocycles. The Kier molecular flexibility index (Phi) is 4.29. The molecule has 0 saturated carbocycles. The number of amidine groups is 1. The zero-order valence-electron chi connectivity index (χ0n) is 11.2. The van der Waals surface area contributed by atoms with Gasteiger partial charge < -0.3 is 15.2 Å². The zero-order chi connectivity index (χ0) is 14.7. The third-order valence-electron chi connectivity index (χ3n) is 2.79. The number of halogens is 1. The Morgan fingerprint density at radius 3 is 2.50 bits per heavy atom. The van der Waals surface area contributed by atoms with Crippen LogP contribution in [0.5, 0.6) is 17.2 Å². The second-order valence-electron chi connectivity index (χ2n) is 4.31. The van der Waals surface area contributed by atoms with E-state index < -0.39 is 0 Å². The molecule has 0 radical (unpaired) electrons. The molecule has 4 nitrogen and oxygen atoms in total. The van der Waals surface area contributed by atoms with Gasteiger partial charge in [0.25, 0.3) is 0 Å². The van der Waals surface area contributed by atoms with Crippen molar-refractivity contribution in [2.24, 2.45) is 5.73 Å². The second kappa shape index (κ2) is 5.96. The third kappa shape index (κ3) is 3.11. The van der Waals surface area contributed by atoms with Crippen LogP contribution in [0.25, 0.3) is 0 Å². The van der Waals surface area contributed by atoms with Crippen molar-refractivity contribution < 1.29 is 9.47 Å². The van der Waals surface area contributed by atoms with E-state index in [-0.39, 0.29) is 5.84 Å². The van der Waals surface area contributed by atoms with Gasteiger partial charge in [-0.25, -0.2) is 0 Å². The first kappa shape index (κ1) is 14.4. The molecule has 0 atom stereocenters. The monoisotopic (exact) mass is 334 g/mol. The van der Waals surface area contributed by atoms with Crippen LogP contribution >= 0.6 is 15.9 Å². The Hall–Kier alpha value is -2.01. The van der Waals surface area contributed by atoms with Crippen LogP contribution in [-0.4, -0.2) is 12.9 Å². The molecule has 0 fully saturated rings. The van der Waals surface area contributed by atoms with Gasteiger partial charge >= 0.3 is 0 Å². The number of ether oxygens (including phenoxy) is 2. The SMILES string of the molecule is COc1ccc(C(=N)N)c(Oc2ccc(C)cc2Br)c1. The van der Waals surface area contributed by atoms with Crippen molar-refractivity contribution in [2.75, 3.05) is 7.11 Å². The molecule has 20 heavy (non-hydrogen) atoms. The van der Waals surface area contributed by atoms with E-state index in [4.69, 9.17) is 20.6 Å². The lowest BCUT2D eigenvalue weighted by molar-refractivity contribution is 0.408. The summed E-state index contributed by atoms with van der Waals surface area (Å²) in [6.07, 6.45) is 0. The summed E-state index contributed by atoms with van der Waals surface area (Å²) in [5.41, 5.74) is 7.23. The van der Waals surface area contributed by atoms with Crippen LogP contribution in [0.3, 0.4) is 0 Å². The maximum absolute atomic E-state index is 7.60. The number of rotatable bonds is 4. The van der Waals surface area contributed by atoms with Gasteiger partial charge in [0.15, 0.2) is 0 Å². The van der Waals surface area contributed by atoms with Crippen LogP contribution in [0, 0.1) is 12.3 Å². The molecule has 104 valence electrons. The van der Waals surface area contributed by atoms with E-state index in [9.17, 15) is 0 Å². The zero-order valence-corrected chi connectivity index (χ0v) is 12.8. The predicted molar refractivity (Wildman–Crippen MR) is 83.0 cm³/mol. The summed E-state index contributed by atoms with van der Waals surface area (Å²) in [6, 6.07) is 10.9. The summed E-state index contributed by atoms with van der Waals surface area (Å²) in [6.45, 7) is 2.00. The van der Waals surface area contributed by atoms with Crippen LogP contribution < -0.4 is 15.2 Å². The van der Waals surface area contributed by atoms with Crippen molar-refractivity contribution in [1.82, 2.24) is 0 Å². The minimum Gasteiger partial charge on any atom is -0.497 e. The Morgan fingerprint density at radius 1 is 1.15 bits per heavy atom. The number of nitrogens with one attached hydrogen (secondary N) is 1. The molecular formula is C15H15BrN2O2. The lowest BCUT2D eigenvalue weighted by Crippen LogP contribution is -2.12. The first-order chi connectivity index (χ1) is 9.51. The maximum Gasteiger partial charge on any atom is 0.142 e. The number of aryl methyl sites for hydroxylation is 1. The third-order valence-corrected chi connectivity index (χ3v) is 3.41. The van der Waals surface area contributed by atoms with Gasteiger partial charge in [0.2, 0.25) is 0 Å². The number of hydrogen-bond donors (Lipinski definition) is 2. The van der Waals surface area contributed by atoms with E-state index in [1.165, 1.54) is 0 Å². The van der Waals surface area contributed by atoms with Gasteiger partial charge in [-0.05, 0) is 52.7 Å². The molecule has 0 aliphatic heterocycles. The quantitative estimate of drug-likeness (QED) is 0.659. The summed E-state index contributed by atoms with van der Waals surface area (Å²) in [5, 5.41) is 7.60. The molecule has 5 heteroatoms. The number of nitrogens with two attached hydrogens (primary N) is 1. The van der Waals surface area contributed by atoms with Gasteiger partial charge in [0.05, 0.1) is 17.1 Å². The summed E-state index contributed by atoms with van der Waals surface area (Å²) in [7, 11) is 1.58. The number of hydrogen-bond acceptors (Lipinski definition) is 3. The minimum absolute atomic E-state index is 0.0501. The molecule has 0 aliphatic rings. The van der Waals surface area contributed by atoms with E-state index in [2.05, 4.69) is 15.9 Å². The topological polar surface area (TPSA) is 68.3 Å². The standard InChI is InChI=1S/C15H15BrN2O2/c1-9-3-6-13(12(16)7-9)20-14-8-10(19-2)4-5-11(14)15(17)18/h3-8H,1-2H3,(H3,17,18). The molecule has 0 spiro atoms.